The summed E-state index contributed by atoms with van der Waals surface area (Å²) in [4.78, 5) is 28.9. The molecular formula is C29H39NO3. The van der Waals surface area contributed by atoms with Crippen molar-refractivity contribution in [3.05, 3.63) is 59.7 Å². The summed E-state index contributed by atoms with van der Waals surface area (Å²) in [6.07, 6.45) is 19.0. The molecule has 0 bridgehead atoms. The van der Waals surface area contributed by atoms with Crippen LogP contribution in [0, 0.1) is 11.3 Å². The molecule has 4 heteroatoms. The lowest BCUT2D eigenvalue weighted by Gasteiger charge is -2.42. The number of likely N-dealkylation sites (tertiary alicyclic amines) is 1. The highest BCUT2D eigenvalue weighted by Crippen LogP contribution is 2.44. The molecule has 4 nitrogen and oxygen atoms in total. The van der Waals surface area contributed by atoms with Gasteiger partial charge in [0.2, 0.25) is 5.91 Å². The average Bonchev–Trinajstić information content (AvgIpc) is 3.02. The summed E-state index contributed by atoms with van der Waals surface area (Å²) in [5.41, 5.74) is 1.58. The van der Waals surface area contributed by atoms with Gasteiger partial charge < -0.3 is 9.64 Å². The highest BCUT2D eigenvalue weighted by Gasteiger charge is 2.46. The van der Waals surface area contributed by atoms with Gasteiger partial charge in [0.1, 0.15) is 6.61 Å². The summed E-state index contributed by atoms with van der Waals surface area (Å²) in [5.74, 6) is 0.362. The van der Waals surface area contributed by atoms with Crippen molar-refractivity contribution in [3.63, 3.8) is 0 Å². The van der Waals surface area contributed by atoms with Crippen molar-refractivity contribution < 1.29 is 14.3 Å². The molecule has 0 atom stereocenters. The Morgan fingerprint density at radius 1 is 0.939 bits per heavy atom. The highest BCUT2D eigenvalue weighted by molar-refractivity contribution is 5.83. The number of allylic oxidation sites excluding steroid dienone is 3. The van der Waals surface area contributed by atoms with E-state index in [0.717, 1.165) is 31.2 Å². The van der Waals surface area contributed by atoms with Crippen molar-refractivity contribution in [2.24, 2.45) is 11.3 Å². The van der Waals surface area contributed by atoms with Crippen LogP contribution >= 0.6 is 0 Å². The summed E-state index contributed by atoms with van der Waals surface area (Å²) in [6.45, 7) is 1.60. The number of ether oxygens (including phenoxy) is 1. The largest absolute Gasteiger partial charge is 0.460 e. The van der Waals surface area contributed by atoms with E-state index >= 15 is 0 Å². The van der Waals surface area contributed by atoms with Gasteiger partial charge in [-0.1, -0.05) is 92.7 Å². The Kier molecular flexibility index (Phi) is 8.41. The Bertz CT molecular complexity index is 839. The lowest BCUT2D eigenvalue weighted by molar-refractivity contribution is -0.160. The molecule has 1 saturated heterocycles. The van der Waals surface area contributed by atoms with Gasteiger partial charge >= 0.3 is 5.97 Å². The van der Waals surface area contributed by atoms with Gasteiger partial charge in [0.25, 0.3) is 0 Å². The lowest BCUT2D eigenvalue weighted by atomic mass is 9.69. The Labute approximate surface area is 199 Å². The number of hydrogen-bond acceptors (Lipinski definition) is 3. The number of nitrogens with zero attached hydrogens (tertiary/aromatic N) is 1. The summed E-state index contributed by atoms with van der Waals surface area (Å²) in [7, 11) is 0. The Morgan fingerprint density at radius 2 is 1.61 bits per heavy atom. The monoisotopic (exact) mass is 449 g/mol. The normalized spacial score (nSPS) is 21.9. The third-order valence-electron chi connectivity index (χ3n) is 7.87. The van der Waals surface area contributed by atoms with Gasteiger partial charge in [-0.15, -0.1) is 0 Å². The van der Waals surface area contributed by atoms with Gasteiger partial charge in [0, 0.05) is 19.0 Å². The molecule has 2 aliphatic carbocycles. The van der Waals surface area contributed by atoms with E-state index in [1.54, 1.807) is 0 Å². The van der Waals surface area contributed by atoms with E-state index in [1.807, 2.05) is 35.2 Å². The van der Waals surface area contributed by atoms with Gasteiger partial charge in [0.15, 0.2) is 0 Å². The number of benzene rings is 1. The first-order chi connectivity index (χ1) is 16.2. The van der Waals surface area contributed by atoms with Gasteiger partial charge in [-0.2, -0.15) is 0 Å². The minimum Gasteiger partial charge on any atom is -0.460 e. The number of piperidine rings is 1. The molecule has 0 radical (unpaired) electrons. The fraction of sp³-hybridized carbons (Fsp3) is 0.586. The van der Waals surface area contributed by atoms with Gasteiger partial charge in [-0.3, -0.25) is 9.59 Å². The molecule has 1 aliphatic heterocycles. The van der Waals surface area contributed by atoms with E-state index in [4.69, 9.17) is 4.74 Å². The lowest BCUT2D eigenvalue weighted by Crippen LogP contribution is -2.49. The number of carbonyl (C=O) groups excluding carboxylic acids is 2. The van der Waals surface area contributed by atoms with E-state index in [-0.39, 0.29) is 11.9 Å². The molecule has 1 aromatic rings. The zero-order valence-corrected chi connectivity index (χ0v) is 20.0. The van der Waals surface area contributed by atoms with E-state index in [0.29, 0.717) is 38.4 Å². The van der Waals surface area contributed by atoms with Crippen LogP contribution in [-0.2, 0) is 20.9 Å². The molecular weight excluding hydrogens is 410 g/mol. The third kappa shape index (κ3) is 5.96. The Morgan fingerprint density at radius 3 is 2.24 bits per heavy atom. The standard InChI is InChI=1S/C29H39NO3/c31-27(25-15-9-3-1-2-4-10-16-25)30-21-19-29(20-22-30,26-17-11-6-12-18-26)28(32)33-23-24-13-7-5-8-14-24/h5-8,11,13-14,17,25H,1-4,9-10,12,15-16,18-23H2. The van der Waals surface area contributed by atoms with Crippen LogP contribution in [0.25, 0.3) is 0 Å². The van der Waals surface area contributed by atoms with Crippen molar-refractivity contribution in [2.45, 2.75) is 83.7 Å². The molecule has 2 fully saturated rings. The Hall–Kier alpha value is -2.36. The van der Waals surface area contributed by atoms with Crippen molar-refractivity contribution in [1.29, 1.82) is 0 Å². The first-order valence-corrected chi connectivity index (χ1v) is 13.1. The Balaban J connectivity index is 1.43. The summed E-state index contributed by atoms with van der Waals surface area (Å²) < 4.78 is 5.87. The second-order valence-electron chi connectivity index (χ2n) is 10.0. The van der Waals surface area contributed by atoms with E-state index in [9.17, 15) is 9.59 Å². The van der Waals surface area contributed by atoms with E-state index in [2.05, 4.69) is 18.2 Å². The first-order valence-electron chi connectivity index (χ1n) is 13.1. The van der Waals surface area contributed by atoms with Crippen LogP contribution in [0.2, 0.25) is 0 Å². The maximum Gasteiger partial charge on any atom is 0.316 e. The number of carbonyl (C=O) groups is 2. The number of rotatable bonds is 5. The van der Waals surface area contributed by atoms with E-state index < -0.39 is 5.41 Å². The molecule has 3 aliphatic rings. The molecule has 1 amide bonds. The molecule has 0 spiro atoms. The molecule has 1 saturated carbocycles. The fourth-order valence-corrected chi connectivity index (χ4v) is 5.77. The second kappa shape index (κ2) is 11.7. The molecule has 0 unspecified atom stereocenters. The molecule has 0 N–H and O–H groups in total. The minimum absolute atomic E-state index is 0.123. The minimum atomic E-state index is -0.602. The molecule has 1 aromatic carbocycles. The maximum absolute atomic E-state index is 13.5. The van der Waals surface area contributed by atoms with Crippen molar-refractivity contribution in [2.75, 3.05) is 13.1 Å². The summed E-state index contributed by atoms with van der Waals surface area (Å²) in [5, 5.41) is 0. The predicted octanol–water partition coefficient (Wildman–Crippen LogP) is 6.37. The maximum atomic E-state index is 13.5. The number of hydrogen-bond donors (Lipinski definition) is 0. The molecule has 33 heavy (non-hydrogen) atoms. The van der Waals surface area contributed by atoms with Crippen LogP contribution in [0.4, 0.5) is 0 Å². The van der Waals surface area contributed by atoms with Crippen LogP contribution in [0.1, 0.15) is 82.6 Å². The van der Waals surface area contributed by atoms with Crippen LogP contribution in [0.3, 0.4) is 0 Å². The van der Waals surface area contributed by atoms with Crippen molar-refractivity contribution in [3.8, 4) is 0 Å². The van der Waals surface area contributed by atoms with Crippen LogP contribution in [0.15, 0.2) is 54.1 Å². The highest BCUT2D eigenvalue weighted by atomic mass is 16.5. The SMILES string of the molecule is O=C(C1CCCCCCCC1)N1CCC(C(=O)OCc2ccccc2)(C2=CC=CCC2)CC1. The molecule has 4 rings (SSSR count). The van der Waals surface area contributed by atoms with Crippen LogP contribution in [-0.4, -0.2) is 29.9 Å². The number of amides is 1. The topological polar surface area (TPSA) is 46.6 Å². The third-order valence-corrected chi connectivity index (χ3v) is 7.87. The van der Waals surface area contributed by atoms with Crippen LogP contribution in [0.5, 0.6) is 0 Å². The fourth-order valence-electron chi connectivity index (χ4n) is 5.77. The smallest absolute Gasteiger partial charge is 0.316 e. The van der Waals surface area contributed by atoms with Gasteiger partial charge in [0.05, 0.1) is 5.41 Å². The molecule has 0 aromatic heterocycles. The van der Waals surface area contributed by atoms with Crippen molar-refractivity contribution in [1.82, 2.24) is 4.90 Å². The van der Waals surface area contributed by atoms with Gasteiger partial charge in [-0.05, 0) is 44.1 Å². The average molecular weight is 450 g/mol. The predicted molar refractivity (Wildman–Crippen MR) is 131 cm³/mol. The van der Waals surface area contributed by atoms with E-state index in [1.165, 1.54) is 44.1 Å². The zero-order chi connectivity index (χ0) is 22.9. The molecule has 178 valence electrons. The van der Waals surface area contributed by atoms with Gasteiger partial charge in [-0.25, -0.2) is 0 Å². The van der Waals surface area contributed by atoms with Crippen molar-refractivity contribution >= 4 is 11.9 Å². The number of esters is 1. The summed E-state index contributed by atoms with van der Waals surface area (Å²) in [6, 6.07) is 9.88. The zero-order valence-electron chi connectivity index (χ0n) is 20.0. The molecule has 1 heterocycles. The second-order valence-corrected chi connectivity index (χ2v) is 10.0. The van der Waals surface area contributed by atoms with Crippen LogP contribution < -0.4 is 0 Å². The quantitative estimate of drug-likeness (QED) is 0.491. The summed E-state index contributed by atoms with van der Waals surface area (Å²) >= 11 is 0. The first kappa shape index (κ1) is 23.8.